The Bertz CT molecular complexity index is 882. The van der Waals surface area contributed by atoms with Crippen LogP contribution in [0.4, 0.5) is 13.2 Å². The highest BCUT2D eigenvalue weighted by Gasteiger charge is 2.38. The average molecular weight is 418 g/mol. The van der Waals surface area contributed by atoms with Gasteiger partial charge in [-0.15, -0.1) is 0 Å². The van der Waals surface area contributed by atoms with Crippen LogP contribution in [0.25, 0.3) is 0 Å². The number of nitrogens with zero attached hydrogens (tertiary/aromatic N) is 1. The molecule has 0 radical (unpaired) electrons. The van der Waals surface area contributed by atoms with E-state index in [4.69, 9.17) is 0 Å². The van der Waals surface area contributed by atoms with Gasteiger partial charge in [0.15, 0.2) is 0 Å². The van der Waals surface area contributed by atoms with Crippen LogP contribution in [0.2, 0.25) is 0 Å². The summed E-state index contributed by atoms with van der Waals surface area (Å²) in [6.07, 6.45) is -3.84. The van der Waals surface area contributed by atoms with Crippen LogP contribution in [-0.4, -0.2) is 30.3 Å². The largest absolute Gasteiger partial charge is 0.416 e. The third-order valence-corrected chi connectivity index (χ3v) is 5.70. The standard InChI is InChI=1S/C23H25F3N2O2/c1-15(16-8-10-19(11-9-16)23(24,25)26)12-20(29)27-14-18-13-21(30)28(2)22(18)17-6-4-3-5-7-17/h3-11,15,18,22H,12-14H2,1-2H3,(H,27,29)/t15-,18+,22+/m1/s1. The van der Waals surface area contributed by atoms with Gasteiger partial charge in [0.25, 0.3) is 0 Å². The number of nitrogens with one attached hydrogen (secondary N) is 1. The normalized spacial score (nSPS) is 20.3. The number of likely N-dealkylation sites (tertiary alicyclic amines) is 1. The van der Waals surface area contributed by atoms with Crippen LogP contribution in [0.1, 0.15) is 48.4 Å². The van der Waals surface area contributed by atoms with Crippen LogP contribution >= 0.6 is 0 Å². The van der Waals surface area contributed by atoms with Gasteiger partial charge in [0.05, 0.1) is 11.6 Å². The molecule has 7 heteroatoms. The maximum Gasteiger partial charge on any atom is 0.416 e. The van der Waals surface area contributed by atoms with Crippen LogP contribution in [0.5, 0.6) is 0 Å². The predicted molar refractivity (Wildman–Crippen MR) is 108 cm³/mol. The maximum atomic E-state index is 12.7. The molecule has 0 aromatic heterocycles. The molecule has 2 aromatic rings. The lowest BCUT2D eigenvalue weighted by Gasteiger charge is -2.25. The Balaban J connectivity index is 1.57. The highest BCUT2D eigenvalue weighted by atomic mass is 19.4. The number of rotatable bonds is 6. The SMILES string of the molecule is C[C@H](CC(=O)NC[C@@H]1CC(=O)N(C)[C@H]1c1ccccc1)c1ccc(C(F)(F)F)cc1. The molecule has 2 aromatic carbocycles. The van der Waals surface area contributed by atoms with Crippen LogP contribution < -0.4 is 5.32 Å². The molecule has 1 aliphatic heterocycles. The first-order valence-electron chi connectivity index (χ1n) is 9.91. The van der Waals surface area contributed by atoms with Crippen molar-refractivity contribution in [2.75, 3.05) is 13.6 Å². The molecule has 4 nitrogen and oxygen atoms in total. The minimum absolute atomic E-state index is 0.0322. The summed E-state index contributed by atoms with van der Waals surface area (Å²) in [7, 11) is 1.77. The van der Waals surface area contributed by atoms with Gasteiger partial charge in [-0.1, -0.05) is 49.4 Å². The minimum atomic E-state index is -4.37. The van der Waals surface area contributed by atoms with E-state index >= 15 is 0 Å². The van der Waals surface area contributed by atoms with Gasteiger partial charge in [0.2, 0.25) is 11.8 Å². The van der Waals surface area contributed by atoms with E-state index in [0.29, 0.717) is 18.5 Å². The minimum Gasteiger partial charge on any atom is -0.356 e. The van der Waals surface area contributed by atoms with Crippen molar-refractivity contribution >= 4 is 11.8 Å². The summed E-state index contributed by atoms with van der Waals surface area (Å²) in [5.74, 6) is -0.391. The van der Waals surface area contributed by atoms with Crippen molar-refractivity contribution in [3.63, 3.8) is 0 Å². The van der Waals surface area contributed by atoms with Crippen LogP contribution in [0, 0.1) is 5.92 Å². The lowest BCUT2D eigenvalue weighted by Crippen LogP contribution is -2.33. The number of amides is 2. The van der Waals surface area contributed by atoms with Crippen molar-refractivity contribution in [1.82, 2.24) is 10.2 Å². The first kappa shape index (κ1) is 21.9. The molecule has 30 heavy (non-hydrogen) atoms. The van der Waals surface area contributed by atoms with Crippen molar-refractivity contribution < 1.29 is 22.8 Å². The zero-order valence-electron chi connectivity index (χ0n) is 16.9. The number of hydrogen-bond donors (Lipinski definition) is 1. The molecular formula is C23H25F3N2O2. The van der Waals surface area contributed by atoms with Gasteiger partial charge in [-0.05, 0) is 29.2 Å². The molecule has 0 aliphatic carbocycles. The number of benzene rings is 2. The molecule has 0 bridgehead atoms. The van der Waals surface area contributed by atoms with Crippen LogP contribution in [-0.2, 0) is 15.8 Å². The lowest BCUT2D eigenvalue weighted by molar-refractivity contribution is -0.137. The monoisotopic (exact) mass is 418 g/mol. The van der Waals surface area contributed by atoms with E-state index in [1.54, 1.807) is 11.9 Å². The summed E-state index contributed by atoms with van der Waals surface area (Å²) >= 11 is 0. The Morgan fingerprint density at radius 1 is 1.13 bits per heavy atom. The van der Waals surface area contributed by atoms with Gasteiger partial charge in [-0.2, -0.15) is 13.2 Å². The van der Waals surface area contributed by atoms with Crippen molar-refractivity contribution in [2.24, 2.45) is 5.92 Å². The summed E-state index contributed by atoms with van der Waals surface area (Å²) in [6.45, 7) is 2.18. The van der Waals surface area contributed by atoms with E-state index < -0.39 is 11.7 Å². The van der Waals surface area contributed by atoms with Gasteiger partial charge < -0.3 is 10.2 Å². The van der Waals surface area contributed by atoms with E-state index in [2.05, 4.69) is 5.32 Å². The smallest absolute Gasteiger partial charge is 0.356 e. The molecule has 0 unspecified atom stereocenters. The van der Waals surface area contributed by atoms with E-state index in [1.165, 1.54) is 12.1 Å². The average Bonchev–Trinajstić information content (AvgIpc) is 3.00. The lowest BCUT2D eigenvalue weighted by atomic mass is 9.93. The molecule has 1 saturated heterocycles. The molecule has 0 spiro atoms. The molecule has 1 heterocycles. The fourth-order valence-corrected chi connectivity index (χ4v) is 3.99. The Morgan fingerprint density at radius 3 is 2.37 bits per heavy atom. The van der Waals surface area contributed by atoms with Crippen molar-refractivity contribution in [3.8, 4) is 0 Å². The molecule has 160 valence electrons. The van der Waals surface area contributed by atoms with E-state index in [1.807, 2.05) is 37.3 Å². The topological polar surface area (TPSA) is 49.4 Å². The van der Waals surface area contributed by atoms with Gasteiger partial charge in [-0.25, -0.2) is 0 Å². The first-order valence-corrected chi connectivity index (χ1v) is 9.91. The van der Waals surface area contributed by atoms with E-state index in [0.717, 1.165) is 17.7 Å². The second kappa shape index (κ2) is 8.90. The fourth-order valence-electron chi connectivity index (χ4n) is 3.99. The Kier molecular flexibility index (Phi) is 6.48. The van der Waals surface area contributed by atoms with Crippen molar-refractivity contribution in [1.29, 1.82) is 0 Å². The number of hydrogen-bond acceptors (Lipinski definition) is 2. The fraction of sp³-hybridized carbons (Fsp3) is 0.391. The first-order chi connectivity index (χ1) is 14.2. The number of halogens is 3. The summed E-state index contributed by atoms with van der Waals surface area (Å²) < 4.78 is 38.1. The number of carbonyl (C=O) groups is 2. The summed E-state index contributed by atoms with van der Waals surface area (Å²) in [5, 5.41) is 2.90. The Hall–Kier alpha value is -2.83. The summed E-state index contributed by atoms with van der Waals surface area (Å²) in [4.78, 5) is 26.4. The molecule has 1 aliphatic rings. The molecule has 1 N–H and O–H groups in total. The van der Waals surface area contributed by atoms with E-state index in [9.17, 15) is 22.8 Å². The molecule has 2 amide bonds. The van der Waals surface area contributed by atoms with Gasteiger partial charge >= 0.3 is 6.18 Å². The van der Waals surface area contributed by atoms with Crippen molar-refractivity contribution in [2.45, 2.75) is 37.9 Å². The molecule has 3 rings (SSSR count). The zero-order valence-corrected chi connectivity index (χ0v) is 16.9. The highest BCUT2D eigenvalue weighted by Crippen LogP contribution is 2.36. The zero-order chi connectivity index (χ0) is 21.9. The predicted octanol–water partition coefficient (Wildman–Crippen LogP) is 4.53. The third-order valence-electron chi connectivity index (χ3n) is 5.70. The van der Waals surface area contributed by atoms with Crippen molar-refractivity contribution in [3.05, 3.63) is 71.3 Å². The highest BCUT2D eigenvalue weighted by molar-refractivity contribution is 5.80. The van der Waals surface area contributed by atoms with E-state index in [-0.39, 0.29) is 36.1 Å². The van der Waals surface area contributed by atoms with Gasteiger partial charge in [0, 0.05) is 32.4 Å². The molecule has 1 fully saturated rings. The maximum absolute atomic E-state index is 12.7. The number of carbonyl (C=O) groups excluding carboxylic acids is 2. The molecular weight excluding hydrogens is 393 g/mol. The second-order valence-corrected chi connectivity index (χ2v) is 7.85. The molecule has 3 atom stereocenters. The van der Waals surface area contributed by atoms with Gasteiger partial charge in [0.1, 0.15) is 0 Å². The quantitative estimate of drug-likeness (QED) is 0.749. The third kappa shape index (κ3) is 5.01. The van der Waals surface area contributed by atoms with Crippen LogP contribution in [0.15, 0.2) is 54.6 Å². The van der Waals surface area contributed by atoms with Crippen LogP contribution in [0.3, 0.4) is 0 Å². The Morgan fingerprint density at radius 2 is 1.77 bits per heavy atom. The molecule has 0 saturated carbocycles. The summed E-state index contributed by atoms with van der Waals surface area (Å²) in [5.41, 5.74) is 1.00. The van der Waals surface area contributed by atoms with Gasteiger partial charge in [-0.3, -0.25) is 9.59 Å². The Labute approximate surface area is 174 Å². The summed E-state index contributed by atoms with van der Waals surface area (Å²) in [6, 6.07) is 14.5. The number of alkyl halides is 3. The second-order valence-electron chi connectivity index (χ2n) is 7.85.